The number of nitrogen functional groups attached to an aromatic ring is 1. The van der Waals surface area contributed by atoms with Gasteiger partial charge in [0.15, 0.2) is 0 Å². The van der Waals surface area contributed by atoms with Crippen molar-refractivity contribution in [2.75, 3.05) is 19.3 Å². The minimum Gasteiger partial charge on any atom is -0.399 e. The summed E-state index contributed by atoms with van der Waals surface area (Å²) in [6, 6.07) is 8.86. The molecule has 96 valence electrons. The highest BCUT2D eigenvalue weighted by Crippen LogP contribution is 2.13. The molecule has 1 aromatic rings. The van der Waals surface area contributed by atoms with Crippen molar-refractivity contribution in [2.24, 2.45) is 0 Å². The van der Waals surface area contributed by atoms with Crippen LogP contribution in [-0.4, -0.2) is 24.5 Å². The summed E-state index contributed by atoms with van der Waals surface area (Å²) in [6.45, 7) is 5.70. The van der Waals surface area contributed by atoms with Gasteiger partial charge in [0, 0.05) is 11.7 Å². The van der Waals surface area contributed by atoms with Crippen molar-refractivity contribution < 1.29 is 0 Å². The second kappa shape index (κ2) is 7.33. The van der Waals surface area contributed by atoms with Gasteiger partial charge in [-0.05, 0) is 51.4 Å². The molecule has 0 fully saturated rings. The van der Waals surface area contributed by atoms with Crippen LogP contribution in [0.1, 0.15) is 38.7 Å². The quantitative estimate of drug-likeness (QED) is 0.733. The van der Waals surface area contributed by atoms with E-state index in [4.69, 9.17) is 5.73 Å². The third kappa shape index (κ3) is 4.78. The number of hydrogen-bond acceptors (Lipinski definition) is 2. The van der Waals surface area contributed by atoms with Gasteiger partial charge in [0.2, 0.25) is 0 Å². The summed E-state index contributed by atoms with van der Waals surface area (Å²) < 4.78 is 0. The van der Waals surface area contributed by atoms with Gasteiger partial charge in [-0.1, -0.05) is 31.5 Å². The molecule has 1 rings (SSSR count). The van der Waals surface area contributed by atoms with Gasteiger partial charge in [0.05, 0.1) is 0 Å². The lowest BCUT2D eigenvalue weighted by molar-refractivity contribution is 0.242. The standard InChI is InChI=1S/C15H26N2/c1-4-8-13(2)17(3)12-7-10-14-9-5-6-11-15(14)16/h5-6,9,11,13H,4,7-8,10,12,16H2,1-3H3. The molecule has 0 aliphatic rings. The molecule has 0 saturated heterocycles. The highest BCUT2D eigenvalue weighted by Gasteiger charge is 2.07. The van der Waals surface area contributed by atoms with Gasteiger partial charge in [-0.25, -0.2) is 0 Å². The van der Waals surface area contributed by atoms with E-state index in [1.807, 2.05) is 12.1 Å². The molecule has 0 bridgehead atoms. The maximum Gasteiger partial charge on any atom is 0.0346 e. The minimum atomic E-state index is 0.688. The fraction of sp³-hybridized carbons (Fsp3) is 0.600. The molecular weight excluding hydrogens is 208 g/mol. The van der Waals surface area contributed by atoms with E-state index < -0.39 is 0 Å². The van der Waals surface area contributed by atoms with Crippen molar-refractivity contribution in [3.63, 3.8) is 0 Å². The second-order valence-electron chi connectivity index (χ2n) is 4.92. The molecule has 0 aromatic heterocycles. The number of hydrogen-bond donors (Lipinski definition) is 1. The fourth-order valence-corrected chi connectivity index (χ4v) is 2.14. The van der Waals surface area contributed by atoms with Crippen LogP contribution in [0.2, 0.25) is 0 Å². The first-order valence-electron chi connectivity index (χ1n) is 6.68. The zero-order chi connectivity index (χ0) is 12.7. The number of anilines is 1. The van der Waals surface area contributed by atoms with Gasteiger partial charge < -0.3 is 10.6 Å². The van der Waals surface area contributed by atoms with E-state index >= 15 is 0 Å². The maximum atomic E-state index is 5.93. The maximum absolute atomic E-state index is 5.93. The molecular formula is C15H26N2. The SMILES string of the molecule is CCCC(C)N(C)CCCc1ccccc1N. The molecule has 0 radical (unpaired) electrons. The summed E-state index contributed by atoms with van der Waals surface area (Å²) >= 11 is 0. The Balaban J connectivity index is 2.30. The summed E-state index contributed by atoms with van der Waals surface area (Å²) in [5.41, 5.74) is 8.14. The summed E-state index contributed by atoms with van der Waals surface area (Å²) in [6.07, 6.45) is 4.80. The molecule has 2 heteroatoms. The van der Waals surface area contributed by atoms with Gasteiger partial charge in [0.25, 0.3) is 0 Å². The van der Waals surface area contributed by atoms with Crippen LogP contribution in [0.4, 0.5) is 5.69 Å². The van der Waals surface area contributed by atoms with E-state index in [2.05, 4.69) is 37.9 Å². The molecule has 17 heavy (non-hydrogen) atoms. The minimum absolute atomic E-state index is 0.688. The number of para-hydroxylation sites is 1. The molecule has 0 aliphatic heterocycles. The molecule has 2 N–H and O–H groups in total. The van der Waals surface area contributed by atoms with Crippen LogP contribution in [0.3, 0.4) is 0 Å². The lowest BCUT2D eigenvalue weighted by Gasteiger charge is -2.24. The van der Waals surface area contributed by atoms with Crippen LogP contribution in [0.15, 0.2) is 24.3 Å². The molecule has 1 atom stereocenters. The van der Waals surface area contributed by atoms with E-state index in [1.54, 1.807) is 0 Å². The largest absolute Gasteiger partial charge is 0.399 e. The number of rotatable bonds is 7. The Morgan fingerprint density at radius 3 is 2.65 bits per heavy atom. The fourth-order valence-electron chi connectivity index (χ4n) is 2.14. The van der Waals surface area contributed by atoms with E-state index in [9.17, 15) is 0 Å². The molecule has 2 nitrogen and oxygen atoms in total. The highest BCUT2D eigenvalue weighted by molar-refractivity contribution is 5.46. The molecule has 1 aromatic carbocycles. The van der Waals surface area contributed by atoms with Crippen molar-refractivity contribution >= 4 is 5.69 Å². The first-order valence-corrected chi connectivity index (χ1v) is 6.68. The van der Waals surface area contributed by atoms with Gasteiger partial charge in [-0.2, -0.15) is 0 Å². The van der Waals surface area contributed by atoms with Crippen molar-refractivity contribution in [3.05, 3.63) is 29.8 Å². The average Bonchev–Trinajstić information content (AvgIpc) is 2.31. The van der Waals surface area contributed by atoms with Gasteiger partial charge >= 0.3 is 0 Å². The molecule has 0 heterocycles. The molecule has 0 saturated carbocycles. The van der Waals surface area contributed by atoms with Crippen molar-refractivity contribution in [1.82, 2.24) is 4.90 Å². The molecule has 0 aliphatic carbocycles. The number of aryl methyl sites for hydroxylation is 1. The molecule has 1 unspecified atom stereocenters. The van der Waals surface area contributed by atoms with Crippen molar-refractivity contribution in [3.8, 4) is 0 Å². The Bertz CT molecular complexity index is 322. The van der Waals surface area contributed by atoms with Crippen molar-refractivity contribution in [2.45, 2.75) is 45.6 Å². The Kier molecular flexibility index (Phi) is 6.06. The van der Waals surface area contributed by atoms with Crippen LogP contribution in [0.5, 0.6) is 0 Å². The second-order valence-corrected chi connectivity index (χ2v) is 4.92. The lowest BCUT2D eigenvalue weighted by Crippen LogP contribution is -2.30. The van der Waals surface area contributed by atoms with Crippen LogP contribution >= 0.6 is 0 Å². The van der Waals surface area contributed by atoms with Crippen LogP contribution in [-0.2, 0) is 6.42 Å². The summed E-state index contributed by atoms with van der Waals surface area (Å²) in [5, 5.41) is 0. The van der Waals surface area contributed by atoms with E-state index in [-0.39, 0.29) is 0 Å². The summed E-state index contributed by atoms with van der Waals surface area (Å²) in [7, 11) is 2.22. The van der Waals surface area contributed by atoms with Gasteiger partial charge in [0.1, 0.15) is 0 Å². The van der Waals surface area contributed by atoms with Crippen LogP contribution in [0, 0.1) is 0 Å². The van der Waals surface area contributed by atoms with E-state index in [1.165, 1.54) is 24.8 Å². The van der Waals surface area contributed by atoms with Crippen LogP contribution < -0.4 is 5.73 Å². The first-order chi connectivity index (χ1) is 8.15. The topological polar surface area (TPSA) is 29.3 Å². The number of benzene rings is 1. The predicted molar refractivity (Wildman–Crippen MR) is 76.2 cm³/mol. The third-order valence-electron chi connectivity index (χ3n) is 3.47. The van der Waals surface area contributed by atoms with E-state index in [0.717, 1.165) is 18.7 Å². The summed E-state index contributed by atoms with van der Waals surface area (Å²) in [5.74, 6) is 0. The third-order valence-corrected chi connectivity index (χ3v) is 3.47. The smallest absolute Gasteiger partial charge is 0.0346 e. The zero-order valence-electron chi connectivity index (χ0n) is 11.4. The predicted octanol–water partition coefficient (Wildman–Crippen LogP) is 3.32. The van der Waals surface area contributed by atoms with Gasteiger partial charge in [-0.3, -0.25) is 0 Å². The molecule has 0 amide bonds. The Morgan fingerprint density at radius 2 is 2.00 bits per heavy atom. The first kappa shape index (κ1) is 14.0. The van der Waals surface area contributed by atoms with Crippen LogP contribution in [0.25, 0.3) is 0 Å². The van der Waals surface area contributed by atoms with Crippen molar-refractivity contribution in [1.29, 1.82) is 0 Å². The zero-order valence-corrected chi connectivity index (χ0v) is 11.4. The number of nitrogens with zero attached hydrogens (tertiary/aromatic N) is 1. The normalized spacial score (nSPS) is 12.9. The monoisotopic (exact) mass is 234 g/mol. The molecule has 0 spiro atoms. The highest BCUT2D eigenvalue weighted by atomic mass is 15.1. The van der Waals surface area contributed by atoms with E-state index in [0.29, 0.717) is 6.04 Å². The van der Waals surface area contributed by atoms with Gasteiger partial charge in [-0.15, -0.1) is 0 Å². The Hall–Kier alpha value is -1.02. The Labute approximate surface area is 106 Å². The average molecular weight is 234 g/mol. The Morgan fingerprint density at radius 1 is 1.29 bits per heavy atom. The number of nitrogens with two attached hydrogens (primary N) is 1. The lowest BCUT2D eigenvalue weighted by atomic mass is 10.1. The summed E-state index contributed by atoms with van der Waals surface area (Å²) in [4.78, 5) is 2.45.